The molecule has 0 saturated heterocycles. The summed E-state index contributed by atoms with van der Waals surface area (Å²) in [5.41, 5.74) is 7.29. The molecule has 2 aromatic rings. The van der Waals surface area contributed by atoms with Crippen LogP contribution in [0.25, 0.3) is 5.69 Å². The van der Waals surface area contributed by atoms with Crippen molar-refractivity contribution in [1.82, 2.24) is 9.55 Å². The van der Waals surface area contributed by atoms with Crippen LogP contribution >= 0.6 is 12.2 Å². The van der Waals surface area contributed by atoms with Gasteiger partial charge in [0.25, 0.3) is 0 Å². The molecule has 0 radical (unpaired) electrons. The molecule has 0 aliphatic heterocycles. The number of hydrogen-bond donors (Lipinski definition) is 2. The molecule has 0 aliphatic rings. The highest BCUT2D eigenvalue weighted by Crippen LogP contribution is 2.12. The lowest BCUT2D eigenvalue weighted by Gasteiger charge is -2.05. The van der Waals surface area contributed by atoms with E-state index in [1.165, 1.54) is 0 Å². The Morgan fingerprint density at radius 3 is 2.60 bits per heavy atom. The Labute approximate surface area is 92.7 Å². The summed E-state index contributed by atoms with van der Waals surface area (Å²) >= 11 is 4.74. The maximum absolute atomic E-state index is 5.36. The molecular weight excluding hydrogens is 208 g/mol. The molecule has 1 heterocycles. The molecule has 0 bridgehead atoms. The van der Waals surface area contributed by atoms with E-state index in [0.29, 0.717) is 0 Å². The van der Waals surface area contributed by atoms with E-state index < -0.39 is 0 Å². The lowest BCUT2D eigenvalue weighted by molar-refractivity contribution is 1.06. The zero-order chi connectivity index (χ0) is 10.7. The van der Waals surface area contributed by atoms with Gasteiger partial charge in [0.2, 0.25) is 0 Å². The van der Waals surface area contributed by atoms with Crippen molar-refractivity contribution in [2.75, 3.05) is 5.32 Å². The molecule has 3 N–H and O–H groups in total. The minimum absolute atomic E-state index is 0.269. The molecule has 4 nitrogen and oxygen atoms in total. The average molecular weight is 218 g/mol. The van der Waals surface area contributed by atoms with Crippen molar-refractivity contribution < 1.29 is 0 Å². The lowest BCUT2D eigenvalue weighted by Crippen LogP contribution is -2.18. The fraction of sp³-hybridized carbons (Fsp3) is 0. The summed E-state index contributed by atoms with van der Waals surface area (Å²) in [6, 6.07) is 7.74. The van der Waals surface area contributed by atoms with Gasteiger partial charge in [0, 0.05) is 23.8 Å². The molecule has 1 aromatic carbocycles. The molecule has 2 rings (SSSR count). The molecule has 1 aromatic heterocycles. The normalized spacial score (nSPS) is 9.87. The molecule has 0 unspecified atom stereocenters. The van der Waals surface area contributed by atoms with Gasteiger partial charge in [-0.3, -0.25) is 0 Å². The average Bonchev–Trinajstić information content (AvgIpc) is 2.71. The second kappa shape index (κ2) is 4.10. The molecule has 0 fully saturated rings. The standard InChI is InChI=1S/C10H10N4S/c11-10(15)13-8-1-3-9(4-2-8)14-6-5-12-7-14/h1-7H,(H3,11,13,15). The summed E-state index contributed by atoms with van der Waals surface area (Å²) < 4.78 is 1.92. The first kappa shape index (κ1) is 9.67. The topological polar surface area (TPSA) is 55.9 Å². The van der Waals surface area contributed by atoms with Gasteiger partial charge < -0.3 is 15.6 Å². The zero-order valence-corrected chi connectivity index (χ0v) is 8.74. The number of benzene rings is 1. The fourth-order valence-corrected chi connectivity index (χ4v) is 1.39. The Morgan fingerprint density at radius 1 is 1.33 bits per heavy atom. The van der Waals surface area contributed by atoms with Gasteiger partial charge in [-0.05, 0) is 36.5 Å². The van der Waals surface area contributed by atoms with Gasteiger partial charge in [-0.25, -0.2) is 4.98 Å². The van der Waals surface area contributed by atoms with E-state index in [2.05, 4.69) is 10.3 Å². The number of imidazole rings is 1. The summed E-state index contributed by atoms with van der Waals surface area (Å²) in [5, 5.41) is 3.13. The number of nitrogens with zero attached hydrogens (tertiary/aromatic N) is 2. The second-order valence-corrected chi connectivity index (χ2v) is 3.45. The number of rotatable bonds is 2. The van der Waals surface area contributed by atoms with Gasteiger partial charge in [-0.1, -0.05) is 0 Å². The van der Waals surface area contributed by atoms with E-state index in [1.807, 2.05) is 35.0 Å². The van der Waals surface area contributed by atoms with Crippen LogP contribution in [-0.4, -0.2) is 14.7 Å². The van der Waals surface area contributed by atoms with Gasteiger partial charge >= 0.3 is 0 Å². The Balaban J connectivity index is 2.21. The van der Waals surface area contributed by atoms with Crippen molar-refractivity contribution in [1.29, 1.82) is 0 Å². The van der Waals surface area contributed by atoms with Crippen LogP contribution in [0.3, 0.4) is 0 Å². The molecule has 0 spiro atoms. The summed E-state index contributed by atoms with van der Waals surface area (Å²) in [7, 11) is 0. The third-order valence-corrected chi connectivity index (χ3v) is 2.04. The Morgan fingerprint density at radius 2 is 2.07 bits per heavy atom. The molecule has 0 amide bonds. The monoisotopic (exact) mass is 218 g/mol. The lowest BCUT2D eigenvalue weighted by atomic mass is 10.3. The highest BCUT2D eigenvalue weighted by molar-refractivity contribution is 7.80. The van der Waals surface area contributed by atoms with Crippen LogP contribution in [0.1, 0.15) is 0 Å². The van der Waals surface area contributed by atoms with E-state index in [9.17, 15) is 0 Å². The van der Waals surface area contributed by atoms with Crippen molar-refractivity contribution >= 4 is 23.0 Å². The molecule has 0 saturated carbocycles. The maximum Gasteiger partial charge on any atom is 0.168 e. The van der Waals surface area contributed by atoms with Crippen molar-refractivity contribution in [2.24, 2.45) is 5.73 Å². The molecule has 5 heteroatoms. The minimum Gasteiger partial charge on any atom is -0.376 e. The van der Waals surface area contributed by atoms with Gasteiger partial charge in [-0.15, -0.1) is 0 Å². The quantitative estimate of drug-likeness (QED) is 0.750. The number of thiocarbonyl (C=S) groups is 1. The molecule has 0 aliphatic carbocycles. The highest BCUT2D eigenvalue weighted by Gasteiger charge is 1.96. The maximum atomic E-state index is 5.36. The van der Waals surface area contributed by atoms with Crippen LogP contribution in [0.15, 0.2) is 43.0 Å². The van der Waals surface area contributed by atoms with E-state index in [0.717, 1.165) is 11.4 Å². The fourth-order valence-electron chi connectivity index (χ4n) is 1.27. The molecular formula is C10H10N4S. The summed E-state index contributed by atoms with van der Waals surface area (Å²) in [5.74, 6) is 0. The summed E-state index contributed by atoms with van der Waals surface area (Å²) in [6.45, 7) is 0. The SMILES string of the molecule is NC(=S)Nc1ccc(-n2ccnc2)cc1. The van der Waals surface area contributed by atoms with Gasteiger partial charge in [0.15, 0.2) is 5.11 Å². The first-order valence-corrected chi connectivity index (χ1v) is 4.81. The molecule has 76 valence electrons. The van der Waals surface area contributed by atoms with Crippen LogP contribution in [0.2, 0.25) is 0 Å². The van der Waals surface area contributed by atoms with Crippen molar-refractivity contribution in [3.8, 4) is 5.69 Å². The largest absolute Gasteiger partial charge is 0.376 e. The van der Waals surface area contributed by atoms with E-state index in [1.54, 1.807) is 12.5 Å². The number of aromatic nitrogens is 2. The Hall–Kier alpha value is -1.88. The van der Waals surface area contributed by atoms with Crippen LogP contribution in [0, 0.1) is 0 Å². The first-order chi connectivity index (χ1) is 7.25. The summed E-state index contributed by atoms with van der Waals surface area (Å²) in [6.07, 6.45) is 5.37. The minimum atomic E-state index is 0.269. The third-order valence-electron chi connectivity index (χ3n) is 1.94. The molecule has 15 heavy (non-hydrogen) atoms. The van der Waals surface area contributed by atoms with Crippen LogP contribution in [0.5, 0.6) is 0 Å². The van der Waals surface area contributed by atoms with Gasteiger partial charge in [0.1, 0.15) is 0 Å². The zero-order valence-electron chi connectivity index (χ0n) is 7.92. The highest BCUT2D eigenvalue weighted by atomic mass is 32.1. The van der Waals surface area contributed by atoms with E-state index >= 15 is 0 Å². The smallest absolute Gasteiger partial charge is 0.168 e. The third kappa shape index (κ3) is 2.32. The number of hydrogen-bond acceptors (Lipinski definition) is 2. The number of nitrogens with one attached hydrogen (secondary N) is 1. The number of anilines is 1. The van der Waals surface area contributed by atoms with Crippen LogP contribution < -0.4 is 11.1 Å². The second-order valence-electron chi connectivity index (χ2n) is 3.01. The van der Waals surface area contributed by atoms with Gasteiger partial charge in [0.05, 0.1) is 6.33 Å². The Kier molecular flexibility index (Phi) is 2.64. The number of nitrogens with two attached hydrogens (primary N) is 1. The van der Waals surface area contributed by atoms with Crippen molar-refractivity contribution in [3.05, 3.63) is 43.0 Å². The summed E-state index contributed by atoms with van der Waals surface area (Å²) in [4.78, 5) is 3.98. The predicted molar refractivity (Wildman–Crippen MR) is 64.0 cm³/mol. The first-order valence-electron chi connectivity index (χ1n) is 4.40. The van der Waals surface area contributed by atoms with E-state index in [4.69, 9.17) is 18.0 Å². The Bertz CT molecular complexity index is 447. The van der Waals surface area contributed by atoms with Gasteiger partial charge in [-0.2, -0.15) is 0 Å². The van der Waals surface area contributed by atoms with Crippen molar-refractivity contribution in [2.45, 2.75) is 0 Å². The van der Waals surface area contributed by atoms with E-state index in [-0.39, 0.29) is 5.11 Å². The van der Waals surface area contributed by atoms with Crippen LogP contribution in [-0.2, 0) is 0 Å². The predicted octanol–water partition coefficient (Wildman–Crippen LogP) is 1.53. The van der Waals surface area contributed by atoms with Crippen LogP contribution in [0.4, 0.5) is 5.69 Å². The van der Waals surface area contributed by atoms with Crippen molar-refractivity contribution in [3.63, 3.8) is 0 Å². The molecule has 0 atom stereocenters.